The van der Waals surface area contributed by atoms with Crippen LogP contribution in [0.1, 0.15) is 26.2 Å². The monoisotopic (exact) mass is 312 g/mol. The number of ether oxygens (including phenoxy) is 3. The third-order valence-corrected chi connectivity index (χ3v) is 3.66. The molecule has 0 aromatic carbocycles. The SMILES string of the molecule is CCCC1(C[C@H]2O[C@@H]2CI)OCCO1. The normalized spacial score (nSPS) is 34.7. The molecule has 0 radical (unpaired) electrons. The van der Waals surface area contributed by atoms with Crippen molar-refractivity contribution < 1.29 is 14.2 Å². The average molecular weight is 312 g/mol. The minimum absolute atomic E-state index is 0.319. The Morgan fingerprint density at radius 1 is 1.29 bits per heavy atom. The van der Waals surface area contributed by atoms with Crippen molar-refractivity contribution in [3.63, 3.8) is 0 Å². The Morgan fingerprint density at radius 2 is 2.00 bits per heavy atom. The van der Waals surface area contributed by atoms with Gasteiger partial charge >= 0.3 is 0 Å². The number of hydrogen-bond acceptors (Lipinski definition) is 3. The molecule has 14 heavy (non-hydrogen) atoms. The molecule has 0 unspecified atom stereocenters. The van der Waals surface area contributed by atoms with Gasteiger partial charge in [-0.15, -0.1) is 0 Å². The van der Waals surface area contributed by atoms with Crippen LogP contribution in [0.25, 0.3) is 0 Å². The molecule has 2 aliphatic rings. The molecular weight excluding hydrogens is 295 g/mol. The van der Waals surface area contributed by atoms with E-state index in [1.54, 1.807) is 0 Å². The third kappa shape index (κ3) is 2.40. The van der Waals surface area contributed by atoms with Gasteiger partial charge in [0, 0.05) is 17.3 Å². The van der Waals surface area contributed by atoms with Crippen LogP contribution in [0.3, 0.4) is 0 Å². The molecule has 0 bridgehead atoms. The number of hydrogen-bond donors (Lipinski definition) is 0. The molecule has 0 aromatic heterocycles. The van der Waals surface area contributed by atoms with Crippen LogP contribution in [-0.2, 0) is 14.2 Å². The van der Waals surface area contributed by atoms with E-state index in [0.717, 1.165) is 36.9 Å². The molecule has 0 saturated carbocycles. The van der Waals surface area contributed by atoms with Crippen LogP contribution in [0.5, 0.6) is 0 Å². The van der Waals surface area contributed by atoms with Gasteiger partial charge in [-0.25, -0.2) is 0 Å². The summed E-state index contributed by atoms with van der Waals surface area (Å²) in [6.07, 6.45) is 3.81. The van der Waals surface area contributed by atoms with Crippen molar-refractivity contribution in [1.82, 2.24) is 0 Å². The van der Waals surface area contributed by atoms with Gasteiger partial charge in [0.2, 0.25) is 0 Å². The smallest absolute Gasteiger partial charge is 0.171 e. The second kappa shape index (κ2) is 4.63. The van der Waals surface area contributed by atoms with E-state index in [-0.39, 0.29) is 5.79 Å². The lowest BCUT2D eigenvalue weighted by Crippen LogP contribution is -2.32. The van der Waals surface area contributed by atoms with Crippen molar-refractivity contribution in [1.29, 1.82) is 0 Å². The maximum atomic E-state index is 5.72. The van der Waals surface area contributed by atoms with Crippen molar-refractivity contribution >= 4 is 22.6 Å². The summed E-state index contributed by atoms with van der Waals surface area (Å²) in [5.74, 6) is -0.319. The molecular formula is C10H17IO3. The molecule has 2 atom stereocenters. The molecule has 2 heterocycles. The Bertz CT molecular complexity index is 192. The molecule has 2 aliphatic heterocycles. The predicted octanol–water partition coefficient (Wildman–Crippen LogP) is 2.12. The van der Waals surface area contributed by atoms with Crippen molar-refractivity contribution in [2.24, 2.45) is 0 Å². The highest BCUT2D eigenvalue weighted by molar-refractivity contribution is 14.1. The fraction of sp³-hybridized carbons (Fsp3) is 1.00. The van der Waals surface area contributed by atoms with Gasteiger partial charge in [-0.1, -0.05) is 35.9 Å². The summed E-state index contributed by atoms with van der Waals surface area (Å²) in [4.78, 5) is 0. The van der Waals surface area contributed by atoms with E-state index in [0.29, 0.717) is 12.2 Å². The second-order valence-electron chi connectivity index (χ2n) is 3.93. The van der Waals surface area contributed by atoms with E-state index in [1.807, 2.05) is 0 Å². The van der Waals surface area contributed by atoms with Crippen LogP contribution in [-0.4, -0.2) is 35.6 Å². The Morgan fingerprint density at radius 3 is 2.50 bits per heavy atom. The minimum Gasteiger partial charge on any atom is -0.369 e. The first kappa shape index (κ1) is 11.1. The Labute approximate surface area is 98.6 Å². The summed E-state index contributed by atoms with van der Waals surface area (Å²) in [5.41, 5.74) is 0. The van der Waals surface area contributed by atoms with Crippen molar-refractivity contribution in [3.8, 4) is 0 Å². The molecule has 0 aromatic rings. The van der Waals surface area contributed by atoms with Crippen molar-refractivity contribution in [3.05, 3.63) is 0 Å². The van der Waals surface area contributed by atoms with Crippen molar-refractivity contribution in [2.45, 2.75) is 44.2 Å². The molecule has 4 heteroatoms. The van der Waals surface area contributed by atoms with E-state index < -0.39 is 0 Å². The summed E-state index contributed by atoms with van der Waals surface area (Å²) < 4.78 is 18.0. The van der Waals surface area contributed by atoms with E-state index in [4.69, 9.17) is 14.2 Å². The zero-order chi connectivity index (χ0) is 10.0. The van der Waals surface area contributed by atoms with E-state index >= 15 is 0 Å². The Hall–Kier alpha value is 0.610. The lowest BCUT2D eigenvalue weighted by atomic mass is 10.0. The Kier molecular flexibility index (Phi) is 3.68. The fourth-order valence-corrected chi connectivity index (χ4v) is 2.82. The first-order valence-corrected chi connectivity index (χ1v) is 6.81. The van der Waals surface area contributed by atoms with Gasteiger partial charge in [-0.2, -0.15) is 0 Å². The quantitative estimate of drug-likeness (QED) is 0.443. The van der Waals surface area contributed by atoms with Gasteiger partial charge in [-0.05, 0) is 0 Å². The van der Waals surface area contributed by atoms with Gasteiger partial charge in [0.05, 0.1) is 25.4 Å². The second-order valence-corrected chi connectivity index (χ2v) is 4.81. The number of halogens is 1. The average Bonchev–Trinajstić information content (AvgIpc) is 2.76. The van der Waals surface area contributed by atoms with Gasteiger partial charge in [0.15, 0.2) is 5.79 Å². The molecule has 0 spiro atoms. The topological polar surface area (TPSA) is 31.0 Å². The maximum Gasteiger partial charge on any atom is 0.171 e. The predicted molar refractivity (Wildman–Crippen MR) is 61.7 cm³/mol. The van der Waals surface area contributed by atoms with Gasteiger partial charge < -0.3 is 14.2 Å². The molecule has 82 valence electrons. The molecule has 0 amide bonds. The summed E-state index contributed by atoms with van der Waals surface area (Å²) in [6.45, 7) is 3.64. The van der Waals surface area contributed by atoms with Crippen molar-refractivity contribution in [2.75, 3.05) is 17.6 Å². The number of alkyl halides is 1. The van der Waals surface area contributed by atoms with E-state index in [1.165, 1.54) is 0 Å². The zero-order valence-corrected chi connectivity index (χ0v) is 10.7. The minimum atomic E-state index is -0.319. The largest absolute Gasteiger partial charge is 0.369 e. The van der Waals surface area contributed by atoms with Crippen LogP contribution < -0.4 is 0 Å². The molecule has 2 rings (SSSR count). The third-order valence-electron chi connectivity index (χ3n) is 2.80. The maximum absolute atomic E-state index is 5.72. The summed E-state index contributed by atoms with van der Waals surface area (Å²) >= 11 is 2.36. The van der Waals surface area contributed by atoms with Crippen LogP contribution in [0, 0.1) is 0 Å². The highest BCUT2D eigenvalue weighted by Crippen LogP contribution is 2.38. The highest BCUT2D eigenvalue weighted by Gasteiger charge is 2.47. The van der Waals surface area contributed by atoms with Gasteiger partial charge in [-0.3, -0.25) is 0 Å². The van der Waals surface area contributed by atoms with Crippen LogP contribution >= 0.6 is 22.6 Å². The standard InChI is InChI=1S/C10H17IO3/c1-2-3-10(12-4-5-13-10)6-8-9(7-11)14-8/h8-9H,2-7H2,1H3/t8-,9-/m1/s1. The van der Waals surface area contributed by atoms with Gasteiger partial charge in [0.1, 0.15) is 0 Å². The first-order chi connectivity index (χ1) is 6.79. The summed E-state index contributed by atoms with van der Waals surface area (Å²) in [5, 5.41) is 0. The fourth-order valence-electron chi connectivity index (χ4n) is 2.04. The number of rotatable bonds is 5. The molecule has 0 N–H and O–H groups in total. The van der Waals surface area contributed by atoms with E-state index in [2.05, 4.69) is 29.5 Å². The zero-order valence-electron chi connectivity index (χ0n) is 8.50. The highest BCUT2D eigenvalue weighted by atomic mass is 127. The molecule has 2 saturated heterocycles. The summed E-state index contributed by atoms with van der Waals surface area (Å²) in [7, 11) is 0. The summed E-state index contributed by atoms with van der Waals surface area (Å²) in [6, 6.07) is 0. The Balaban J connectivity index is 1.85. The number of epoxide rings is 1. The van der Waals surface area contributed by atoms with Crippen LogP contribution in [0.4, 0.5) is 0 Å². The molecule has 3 nitrogen and oxygen atoms in total. The van der Waals surface area contributed by atoms with Gasteiger partial charge in [0.25, 0.3) is 0 Å². The lowest BCUT2D eigenvalue weighted by molar-refractivity contribution is -0.169. The molecule has 2 fully saturated rings. The van der Waals surface area contributed by atoms with E-state index in [9.17, 15) is 0 Å². The van der Waals surface area contributed by atoms with Crippen LogP contribution in [0.2, 0.25) is 0 Å². The lowest BCUT2D eigenvalue weighted by Gasteiger charge is -2.26. The van der Waals surface area contributed by atoms with Crippen LogP contribution in [0.15, 0.2) is 0 Å². The first-order valence-electron chi connectivity index (χ1n) is 5.29. The molecule has 0 aliphatic carbocycles.